The second-order valence-electron chi connectivity index (χ2n) is 20.7. The maximum absolute atomic E-state index is 12.9. The van der Waals surface area contributed by atoms with Crippen molar-refractivity contribution in [3.8, 4) is 34.3 Å². The van der Waals surface area contributed by atoms with Gasteiger partial charge < -0.3 is 90.3 Å². The first-order chi connectivity index (χ1) is 44.1. The molecule has 5 atom stereocenters. The van der Waals surface area contributed by atoms with Crippen molar-refractivity contribution in [2.45, 2.75) is 82.0 Å². The number of carboxylic acids is 1. The predicted octanol–water partition coefficient (Wildman–Crippen LogP) is 7.35. The van der Waals surface area contributed by atoms with E-state index in [2.05, 4.69) is 76.4 Å². The predicted molar refractivity (Wildman–Crippen MR) is 341 cm³/mol. The van der Waals surface area contributed by atoms with Gasteiger partial charge >= 0.3 is 47.1 Å². The van der Waals surface area contributed by atoms with E-state index in [9.17, 15) is 47.8 Å². The summed E-state index contributed by atoms with van der Waals surface area (Å²) in [7, 11) is -13.8. The molecule has 0 radical (unpaired) electrons. The molecule has 38 heteroatoms. The molecule has 0 bridgehead atoms. The molecule has 13 N–H and O–H groups in total. The van der Waals surface area contributed by atoms with Crippen molar-refractivity contribution in [2.75, 3.05) is 90.0 Å². The van der Waals surface area contributed by atoms with Crippen molar-refractivity contribution in [1.29, 1.82) is 5.41 Å². The molecule has 1 fully saturated rings. The highest BCUT2D eigenvalue weighted by molar-refractivity contribution is 8.77. The fourth-order valence-corrected chi connectivity index (χ4v) is 14.1. The van der Waals surface area contributed by atoms with Crippen molar-refractivity contribution in [2.24, 2.45) is 5.11 Å². The quantitative estimate of drug-likeness (QED) is 0.00156. The fourth-order valence-electron chi connectivity index (χ4n) is 8.78. The lowest BCUT2D eigenvalue weighted by atomic mass is 9.89. The molecule has 3 heterocycles. The Kier molecular flexibility index (Phi) is 29.2. The number of nitrogens with one attached hydrogen (secondary N) is 4. The zero-order chi connectivity index (χ0) is 67.8. The Labute approximate surface area is 540 Å². The Morgan fingerprint density at radius 1 is 0.914 bits per heavy atom. The van der Waals surface area contributed by atoms with Gasteiger partial charge in [-0.15, -0.1) is 0 Å². The van der Waals surface area contributed by atoms with E-state index in [1.54, 1.807) is 76.2 Å². The van der Waals surface area contributed by atoms with E-state index in [4.69, 9.17) is 65.0 Å². The van der Waals surface area contributed by atoms with Crippen molar-refractivity contribution < 1.29 is 98.7 Å². The number of hydrogen-bond acceptors (Lipinski definition) is 25. The van der Waals surface area contributed by atoms with Gasteiger partial charge in [0.1, 0.15) is 42.2 Å². The zero-order valence-electron chi connectivity index (χ0n) is 50.4. The molecule has 1 aliphatic carbocycles. The minimum atomic E-state index is -5.82. The summed E-state index contributed by atoms with van der Waals surface area (Å²) in [5.41, 5.74) is 23.7. The first kappa shape index (κ1) is 75.2. The zero-order valence-corrected chi connectivity index (χ0v) is 54.7. The van der Waals surface area contributed by atoms with Crippen LogP contribution in [-0.2, 0) is 60.1 Å². The third-order valence-electron chi connectivity index (χ3n) is 13.1. The minimum absolute atomic E-state index is 0.0427. The fraction of sp³-hybridized carbons (Fsp3) is 0.455. The number of carboxylic acid groups (broad SMARTS) is 1. The number of nitrogens with zero attached hydrogens (tertiary/aromatic N) is 5. The Morgan fingerprint density at radius 2 is 1.68 bits per heavy atom. The van der Waals surface area contributed by atoms with Crippen LogP contribution in [0.15, 0.2) is 81.7 Å². The van der Waals surface area contributed by atoms with E-state index in [1.807, 2.05) is 0 Å². The van der Waals surface area contributed by atoms with Crippen LogP contribution in [0.2, 0.25) is 0 Å². The van der Waals surface area contributed by atoms with E-state index in [0.717, 1.165) is 17.4 Å². The van der Waals surface area contributed by atoms with Gasteiger partial charge in [-0.2, -0.15) is 13.6 Å². The number of nitrogens with two attached hydrogens (primary N) is 2. The van der Waals surface area contributed by atoms with Crippen LogP contribution in [0, 0.1) is 17.3 Å². The number of phosphoric acid groups is 3. The lowest BCUT2D eigenvalue weighted by Crippen LogP contribution is -2.36. The van der Waals surface area contributed by atoms with Crippen LogP contribution in [0.1, 0.15) is 86.5 Å². The molecule has 0 saturated carbocycles. The molecule has 33 nitrogen and oxygen atoms in total. The van der Waals surface area contributed by atoms with E-state index in [1.165, 1.54) is 6.20 Å². The van der Waals surface area contributed by atoms with Crippen molar-refractivity contribution in [3.05, 3.63) is 110 Å². The molecule has 2 aliphatic heterocycles. The molecular weight excluding hydrogens is 1320 g/mol. The number of urea groups is 1. The van der Waals surface area contributed by atoms with Crippen molar-refractivity contribution in [1.82, 2.24) is 25.5 Å². The Morgan fingerprint density at radius 3 is 2.43 bits per heavy atom. The van der Waals surface area contributed by atoms with Crippen LogP contribution in [0.3, 0.4) is 0 Å². The number of azide groups is 1. The number of amides is 2. The highest BCUT2D eigenvalue weighted by Gasteiger charge is 2.44. The number of carbonyl (C=O) groups excluding carboxylic acids is 2. The number of esters is 1. The number of phosphoric ester groups is 1. The molecule has 2 unspecified atom stereocenters. The molecule has 2 amide bonds. The van der Waals surface area contributed by atoms with Crippen LogP contribution < -0.4 is 38.5 Å². The number of anilines is 2. The molecule has 506 valence electrons. The first-order valence-electron chi connectivity index (χ1n) is 28.4. The van der Waals surface area contributed by atoms with E-state index in [-0.39, 0.29) is 59.0 Å². The van der Waals surface area contributed by atoms with Gasteiger partial charge in [0, 0.05) is 95.0 Å². The largest absolute Gasteiger partial charge is 0.490 e. The molecule has 3 aliphatic rings. The molecule has 2 aromatic carbocycles. The van der Waals surface area contributed by atoms with Gasteiger partial charge in [0.2, 0.25) is 0 Å². The second-order valence-corrected chi connectivity index (χ2v) is 28.1. The number of aromatic carboxylic acids is 1. The number of unbranched alkanes of at least 4 members (excludes halogenated alkanes) is 2. The summed E-state index contributed by atoms with van der Waals surface area (Å²) in [6, 6.07) is 14.6. The maximum atomic E-state index is 12.9. The summed E-state index contributed by atoms with van der Waals surface area (Å²) in [6.45, 7) is 9.62. The monoisotopic (exact) mass is 1400 g/mol. The summed E-state index contributed by atoms with van der Waals surface area (Å²) in [5, 5.41) is 31.0. The van der Waals surface area contributed by atoms with Crippen molar-refractivity contribution >= 4 is 91.2 Å². The van der Waals surface area contributed by atoms with Gasteiger partial charge in [-0.1, -0.05) is 51.2 Å². The molecular formula is C55H72N11O22P3S2. The minimum Gasteiger partial charge on any atom is -0.478 e. The third-order valence-corrected chi connectivity index (χ3v) is 20.0. The highest BCUT2D eigenvalue weighted by atomic mass is 33.1. The third kappa shape index (κ3) is 25.4. The van der Waals surface area contributed by atoms with Crippen LogP contribution in [0.4, 0.5) is 16.3 Å². The number of rotatable bonds is 39. The highest BCUT2D eigenvalue weighted by Crippen LogP contribution is 2.66. The number of aromatic nitrogens is 2. The van der Waals surface area contributed by atoms with E-state index in [0.29, 0.717) is 122 Å². The average molecular weight is 1400 g/mol. The van der Waals surface area contributed by atoms with Gasteiger partial charge in [-0.25, -0.2) is 28.1 Å². The summed E-state index contributed by atoms with van der Waals surface area (Å²) in [6.07, 6.45) is 0.879. The lowest BCUT2D eigenvalue weighted by Gasteiger charge is -2.22. The standard InChI is InChI=1S/C55H72N11O22P3S2/c1-35(36-11-14-40(52(68)69)43(27-36)50-41-15-12-38(56)28-44(41)85-45-29-39(57)13-16-42(45)50)60-20-24-80-26-25-79-22-8-10-49(67)82-23-17-55(2,3)93-92-34-81-21-6-4-5-18-61-53(70)62-19-7-9-37-31-66(54(71)64-51(37)58)48-30-46(83-33-63-65-59)47(86-48)32-84-90(75,76)88-91(77,78)87-89(72,73)74/h11-16,27-29,31,46-48,56,60H,1,4-6,8,10,17-26,30,32-34,57H2,2-3H3,(H,68,69)(H,75,76)(H,77,78)(H2,58,64,71)(H2,61,62,70)(H2,72,73,74)/t46-,47-,48-/m1/s1. The van der Waals surface area contributed by atoms with Crippen LogP contribution in [0.5, 0.6) is 0 Å². The molecule has 3 aromatic rings. The van der Waals surface area contributed by atoms with Crippen LogP contribution in [-0.4, -0.2) is 148 Å². The van der Waals surface area contributed by atoms with Gasteiger partial charge in [-0.3, -0.25) is 13.9 Å². The first-order valence-corrected chi connectivity index (χ1v) is 35.2. The van der Waals surface area contributed by atoms with Gasteiger partial charge in [-0.05, 0) is 99.0 Å². The van der Waals surface area contributed by atoms with E-state index < -0.39 is 72.9 Å². The average Bonchev–Trinajstić information content (AvgIpc) is 1.24. The molecule has 1 aromatic heterocycles. The number of nitrogen functional groups attached to an aromatic ring is 2. The van der Waals surface area contributed by atoms with Gasteiger partial charge in [0.05, 0.1) is 62.2 Å². The molecule has 0 spiro atoms. The molecule has 93 heavy (non-hydrogen) atoms. The Hall–Kier alpha value is -6.86. The smallest absolute Gasteiger partial charge is 0.478 e. The number of hydrogen-bond donors (Lipinski definition) is 11. The molecule has 1 saturated heterocycles. The number of fused-ring (bicyclic) bond motifs is 2. The van der Waals surface area contributed by atoms with Crippen LogP contribution in [0.25, 0.3) is 49.6 Å². The SMILES string of the molecule is C=C(NCCOCCOCCCC(=O)OCCC(C)(C)SSCOCCCCCNC(=O)NCC#Cc1cn([C@H]2C[C@@H](OCN=[N+]=[N-])[C@@H](COP(=O)(O)OP(=O)(O)OP(=O)(O)O)O2)c(=O)nc1N)c1ccc(C(=O)O)c(-c2c3ccc(=N)cc-3oc3cc(N)ccc23)c1. The van der Waals surface area contributed by atoms with Crippen LogP contribution >= 0.6 is 45.1 Å². The number of carbonyl (C=O) groups is 3. The lowest BCUT2D eigenvalue weighted by molar-refractivity contribution is -0.144. The summed E-state index contributed by atoms with van der Waals surface area (Å²) in [5.74, 6) is 4.60. The number of ether oxygens (including phenoxy) is 6. The Balaban J connectivity index is 0.766. The topological polar surface area (TPSA) is 495 Å². The Bertz CT molecular complexity index is 3780. The summed E-state index contributed by atoms with van der Waals surface area (Å²) < 4.78 is 87.7. The van der Waals surface area contributed by atoms with Gasteiger partial charge in [0.25, 0.3) is 0 Å². The maximum Gasteiger partial charge on any atom is 0.490 e. The normalized spacial score (nSPS) is 16.1. The van der Waals surface area contributed by atoms with Gasteiger partial charge in [0.15, 0.2) is 0 Å². The summed E-state index contributed by atoms with van der Waals surface area (Å²) >= 11 is 0. The van der Waals surface area contributed by atoms with E-state index >= 15 is 0 Å². The van der Waals surface area contributed by atoms with Crippen molar-refractivity contribution in [3.63, 3.8) is 0 Å². The molecule has 6 rings (SSSR count). The summed E-state index contributed by atoms with van der Waals surface area (Å²) in [4.78, 5) is 93.3. The second kappa shape index (κ2) is 36.1. The number of benzene rings is 3.